The van der Waals surface area contributed by atoms with Crippen molar-refractivity contribution in [2.24, 2.45) is 11.8 Å². The number of aliphatic carboxylic acids is 1. The van der Waals surface area contributed by atoms with E-state index in [1.807, 2.05) is 0 Å². The van der Waals surface area contributed by atoms with Gasteiger partial charge in [-0.1, -0.05) is 51.4 Å². The summed E-state index contributed by atoms with van der Waals surface area (Å²) in [6, 6.07) is 0. The zero-order valence-corrected chi connectivity index (χ0v) is 11.2. The number of hydrogen-bond acceptors (Lipinski definition) is 1. The quantitative estimate of drug-likeness (QED) is 0.750. The molecule has 2 saturated carbocycles. The average molecular weight is 259 g/mol. The molecule has 2 rings (SSSR count). The van der Waals surface area contributed by atoms with E-state index in [4.69, 9.17) is 16.7 Å². The second-order valence-electron chi connectivity index (χ2n) is 5.98. The summed E-state index contributed by atoms with van der Waals surface area (Å²) in [5.41, 5.74) is 0. The summed E-state index contributed by atoms with van der Waals surface area (Å²) in [4.78, 5) is 9.92. The van der Waals surface area contributed by atoms with Gasteiger partial charge in [-0.15, -0.1) is 11.6 Å². The van der Waals surface area contributed by atoms with Gasteiger partial charge in [0.25, 0.3) is 0 Å². The normalized spacial score (nSPS) is 34.3. The Morgan fingerprint density at radius 3 is 2.29 bits per heavy atom. The molecule has 0 spiro atoms. The third kappa shape index (κ3) is 3.37. The van der Waals surface area contributed by atoms with Crippen LogP contribution in [0.5, 0.6) is 0 Å². The molecule has 0 aromatic rings. The lowest BCUT2D eigenvalue weighted by atomic mass is 9.71. The number of hydrogen-bond donors (Lipinski definition) is 1. The highest BCUT2D eigenvalue weighted by Crippen LogP contribution is 2.46. The zero-order valence-electron chi connectivity index (χ0n) is 10.5. The van der Waals surface area contributed by atoms with Crippen LogP contribution in [0.15, 0.2) is 0 Å². The molecule has 1 N–H and O–H groups in total. The fourth-order valence-corrected chi connectivity index (χ4v) is 3.84. The lowest BCUT2D eigenvalue weighted by molar-refractivity contribution is -0.144. The highest BCUT2D eigenvalue weighted by Gasteiger charge is 2.48. The Labute approximate surface area is 109 Å². The SMILES string of the molecule is O=C(O)C1(Cl)CC(CCCC2CCCCC2)C1. The lowest BCUT2D eigenvalue weighted by Crippen LogP contribution is -2.45. The van der Waals surface area contributed by atoms with Crippen molar-refractivity contribution in [3.8, 4) is 0 Å². The van der Waals surface area contributed by atoms with Crippen LogP contribution < -0.4 is 0 Å². The van der Waals surface area contributed by atoms with Crippen LogP contribution in [-0.2, 0) is 4.79 Å². The van der Waals surface area contributed by atoms with Crippen molar-refractivity contribution in [1.29, 1.82) is 0 Å². The topological polar surface area (TPSA) is 37.3 Å². The van der Waals surface area contributed by atoms with Crippen LogP contribution in [0.2, 0.25) is 0 Å². The fraction of sp³-hybridized carbons (Fsp3) is 0.929. The van der Waals surface area contributed by atoms with Gasteiger partial charge in [-0.2, -0.15) is 0 Å². The maximum absolute atomic E-state index is 10.8. The third-order valence-electron chi connectivity index (χ3n) is 4.56. The van der Waals surface area contributed by atoms with E-state index < -0.39 is 10.8 Å². The predicted molar refractivity (Wildman–Crippen MR) is 69.4 cm³/mol. The van der Waals surface area contributed by atoms with Crippen LogP contribution in [0.3, 0.4) is 0 Å². The Hall–Kier alpha value is -0.240. The van der Waals surface area contributed by atoms with Gasteiger partial charge in [0.1, 0.15) is 4.87 Å². The smallest absolute Gasteiger partial charge is 0.324 e. The Kier molecular flexibility index (Phi) is 4.35. The Balaban J connectivity index is 1.57. The van der Waals surface area contributed by atoms with E-state index in [1.165, 1.54) is 51.4 Å². The molecule has 0 aromatic heterocycles. The summed E-state index contributed by atoms with van der Waals surface area (Å²) in [6.07, 6.45) is 12.2. The molecule has 2 fully saturated rings. The maximum atomic E-state index is 10.8. The molecule has 2 nitrogen and oxygen atoms in total. The van der Waals surface area contributed by atoms with E-state index in [1.54, 1.807) is 0 Å². The van der Waals surface area contributed by atoms with Crippen molar-refractivity contribution in [1.82, 2.24) is 0 Å². The van der Waals surface area contributed by atoms with Crippen molar-refractivity contribution in [2.45, 2.75) is 69.1 Å². The van der Waals surface area contributed by atoms with Crippen molar-refractivity contribution in [2.75, 3.05) is 0 Å². The number of rotatable bonds is 5. The minimum absolute atomic E-state index is 0.562. The van der Waals surface area contributed by atoms with Gasteiger partial charge in [0, 0.05) is 0 Å². The monoisotopic (exact) mass is 258 g/mol. The Morgan fingerprint density at radius 2 is 1.71 bits per heavy atom. The molecule has 0 atom stereocenters. The van der Waals surface area contributed by atoms with Gasteiger partial charge in [-0.05, 0) is 24.7 Å². The first-order valence-corrected chi connectivity index (χ1v) is 7.40. The zero-order chi connectivity index (χ0) is 12.3. The van der Waals surface area contributed by atoms with Crippen LogP contribution in [0.25, 0.3) is 0 Å². The van der Waals surface area contributed by atoms with Gasteiger partial charge in [0.2, 0.25) is 0 Å². The number of carbonyl (C=O) groups is 1. The van der Waals surface area contributed by atoms with Crippen LogP contribution in [0, 0.1) is 11.8 Å². The van der Waals surface area contributed by atoms with Gasteiger partial charge in [-0.3, -0.25) is 4.79 Å². The molecule has 98 valence electrons. The molecule has 0 unspecified atom stereocenters. The molecule has 0 radical (unpaired) electrons. The second-order valence-corrected chi connectivity index (χ2v) is 6.70. The summed E-state index contributed by atoms with van der Waals surface area (Å²) < 4.78 is 0. The molecule has 3 heteroatoms. The van der Waals surface area contributed by atoms with Crippen LogP contribution in [0.4, 0.5) is 0 Å². The van der Waals surface area contributed by atoms with Crippen molar-refractivity contribution in [3.05, 3.63) is 0 Å². The maximum Gasteiger partial charge on any atom is 0.324 e. The third-order valence-corrected chi connectivity index (χ3v) is 5.03. The Bertz CT molecular complexity index is 265. The molecule has 2 aliphatic carbocycles. The van der Waals surface area contributed by atoms with Gasteiger partial charge < -0.3 is 5.11 Å². The summed E-state index contributed by atoms with van der Waals surface area (Å²) in [5.74, 6) is 0.680. The minimum Gasteiger partial charge on any atom is -0.480 e. The van der Waals surface area contributed by atoms with Crippen molar-refractivity contribution in [3.63, 3.8) is 0 Å². The molecular weight excluding hydrogens is 236 g/mol. The predicted octanol–water partition coefficient (Wildman–Crippen LogP) is 4.21. The molecule has 0 amide bonds. The van der Waals surface area contributed by atoms with Crippen LogP contribution in [-0.4, -0.2) is 16.0 Å². The van der Waals surface area contributed by atoms with E-state index in [-0.39, 0.29) is 0 Å². The molecule has 0 bridgehead atoms. The lowest BCUT2D eigenvalue weighted by Gasteiger charge is -2.39. The molecule has 0 heterocycles. The molecule has 2 aliphatic rings. The van der Waals surface area contributed by atoms with Gasteiger partial charge in [0.15, 0.2) is 0 Å². The minimum atomic E-state index is -0.921. The molecule has 0 saturated heterocycles. The Morgan fingerprint density at radius 1 is 1.12 bits per heavy atom. The van der Waals surface area contributed by atoms with E-state index in [9.17, 15) is 4.79 Å². The first-order valence-electron chi connectivity index (χ1n) is 7.02. The first kappa shape index (κ1) is 13.2. The number of carboxylic acids is 1. The molecule has 0 aromatic carbocycles. The summed E-state index contributed by atoms with van der Waals surface area (Å²) >= 11 is 5.97. The highest BCUT2D eigenvalue weighted by molar-refractivity contribution is 6.34. The van der Waals surface area contributed by atoms with Crippen molar-refractivity contribution < 1.29 is 9.90 Å². The summed E-state index contributed by atoms with van der Waals surface area (Å²) in [5, 5.41) is 8.91. The van der Waals surface area contributed by atoms with Gasteiger partial charge >= 0.3 is 5.97 Å². The highest BCUT2D eigenvalue weighted by atomic mass is 35.5. The van der Waals surface area contributed by atoms with Gasteiger partial charge in [-0.25, -0.2) is 0 Å². The number of carboxylic acid groups (broad SMARTS) is 1. The summed E-state index contributed by atoms with van der Waals surface area (Å²) in [6.45, 7) is 0. The largest absolute Gasteiger partial charge is 0.480 e. The van der Waals surface area contributed by atoms with Crippen LogP contribution in [0.1, 0.15) is 64.2 Å². The standard InChI is InChI=1S/C14H23ClO2/c15-14(13(16)17)9-12(10-14)8-4-7-11-5-2-1-3-6-11/h11-12H,1-10H2,(H,16,17). The number of halogens is 1. The van der Waals surface area contributed by atoms with E-state index >= 15 is 0 Å². The second kappa shape index (κ2) is 5.60. The van der Waals surface area contributed by atoms with E-state index in [0.29, 0.717) is 18.8 Å². The van der Waals surface area contributed by atoms with E-state index in [2.05, 4.69) is 0 Å². The molecule has 17 heavy (non-hydrogen) atoms. The number of alkyl halides is 1. The molecule has 0 aliphatic heterocycles. The van der Waals surface area contributed by atoms with Crippen molar-refractivity contribution >= 4 is 17.6 Å². The average Bonchev–Trinajstić information content (AvgIpc) is 2.27. The van der Waals surface area contributed by atoms with E-state index in [0.717, 1.165) is 5.92 Å². The van der Waals surface area contributed by atoms with Gasteiger partial charge in [0.05, 0.1) is 0 Å². The summed E-state index contributed by atoms with van der Waals surface area (Å²) in [7, 11) is 0. The fourth-order valence-electron chi connectivity index (χ4n) is 3.41. The molecular formula is C14H23ClO2. The van der Waals surface area contributed by atoms with Crippen LogP contribution >= 0.6 is 11.6 Å². The first-order chi connectivity index (χ1) is 8.10.